The van der Waals surface area contributed by atoms with Gasteiger partial charge in [-0.2, -0.15) is 0 Å². The van der Waals surface area contributed by atoms with Crippen LogP contribution < -0.4 is 0 Å². The molecule has 0 aliphatic carbocycles. The summed E-state index contributed by atoms with van der Waals surface area (Å²) in [6.45, 7) is 15.3. The maximum atomic E-state index is 2.31. The summed E-state index contributed by atoms with van der Waals surface area (Å²) in [7, 11) is 0. The minimum atomic E-state index is 0.831. The molecule has 13 heavy (non-hydrogen) atoms. The highest BCUT2D eigenvalue weighted by Crippen LogP contribution is 2.16. The normalized spacial score (nSPS) is 12.5. The standard InChI is InChI=1S/C11H26NS/c1-6-12(7-2,8-3)10-13-9-11(4)5/h11H,6-10H2,1-5H3/q+1. The summed E-state index contributed by atoms with van der Waals surface area (Å²) in [5.74, 6) is 3.43. The maximum absolute atomic E-state index is 2.31. The van der Waals surface area contributed by atoms with Gasteiger partial charge in [-0.3, -0.25) is 0 Å². The molecule has 0 unspecified atom stereocenters. The Hall–Kier alpha value is 0.310. The lowest BCUT2D eigenvalue weighted by Gasteiger charge is -2.35. The summed E-state index contributed by atoms with van der Waals surface area (Å²) in [5.41, 5.74) is 0. The second-order valence-electron chi connectivity index (χ2n) is 4.18. The van der Waals surface area contributed by atoms with Crippen molar-refractivity contribution in [1.82, 2.24) is 0 Å². The predicted octanol–water partition coefficient (Wildman–Crippen LogP) is 3.21. The second-order valence-corrected chi connectivity index (χ2v) is 5.18. The van der Waals surface area contributed by atoms with Crippen molar-refractivity contribution in [2.24, 2.45) is 5.92 Å². The van der Waals surface area contributed by atoms with Crippen LogP contribution in [0.25, 0.3) is 0 Å². The SMILES string of the molecule is CC[N+](CC)(CC)CSCC(C)C. The van der Waals surface area contributed by atoms with E-state index in [1.165, 1.54) is 35.7 Å². The van der Waals surface area contributed by atoms with Crippen molar-refractivity contribution in [3.05, 3.63) is 0 Å². The minimum Gasteiger partial charge on any atom is -0.316 e. The van der Waals surface area contributed by atoms with E-state index >= 15 is 0 Å². The Morgan fingerprint density at radius 1 is 1.00 bits per heavy atom. The highest BCUT2D eigenvalue weighted by atomic mass is 32.2. The molecule has 0 aliphatic rings. The molecule has 0 saturated heterocycles. The summed E-state index contributed by atoms with van der Waals surface area (Å²) < 4.78 is 1.28. The van der Waals surface area contributed by atoms with Crippen LogP contribution in [0, 0.1) is 5.92 Å². The lowest BCUT2D eigenvalue weighted by atomic mass is 10.3. The van der Waals surface area contributed by atoms with Crippen molar-refractivity contribution < 1.29 is 4.48 Å². The quantitative estimate of drug-likeness (QED) is 0.453. The van der Waals surface area contributed by atoms with Crippen molar-refractivity contribution in [2.75, 3.05) is 31.3 Å². The molecule has 0 aromatic rings. The third kappa shape index (κ3) is 4.92. The average molecular weight is 204 g/mol. The van der Waals surface area contributed by atoms with Gasteiger partial charge in [0.2, 0.25) is 0 Å². The zero-order valence-corrected chi connectivity index (χ0v) is 10.8. The molecule has 0 aromatic heterocycles. The fourth-order valence-electron chi connectivity index (χ4n) is 1.43. The molecule has 0 aliphatic heterocycles. The van der Waals surface area contributed by atoms with Crippen LogP contribution in [0.3, 0.4) is 0 Å². The Balaban J connectivity index is 3.81. The molecule has 1 nitrogen and oxygen atoms in total. The Bertz CT molecular complexity index is 111. The molecule has 2 heteroatoms. The first-order valence-electron chi connectivity index (χ1n) is 5.53. The first kappa shape index (κ1) is 13.3. The lowest BCUT2D eigenvalue weighted by Crippen LogP contribution is -2.47. The van der Waals surface area contributed by atoms with Crippen molar-refractivity contribution >= 4 is 11.8 Å². The Kier molecular flexibility index (Phi) is 6.88. The summed E-state index contributed by atoms with van der Waals surface area (Å²) in [5, 5.41) is 0. The van der Waals surface area contributed by atoms with Gasteiger partial charge >= 0.3 is 0 Å². The summed E-state index contributed by atoms with van der Waals surface area (Å²) in [6.07, 6.45) is 0. The van der Waals surface area contributed by atoms with Crippen LogP contribution in [-0.4, -0.2) is 35.7 Å². The molecule has 0 spiro atoms. The van der Waals surface area contributed by atoms with Gasteiger partial charge in [0.25, 0.3) is 0 Å². The third-order valence-corrected chi connectivity index (χ3v) is 4.46. The molecule has 0 radical (unpaired) electrons. The van der Waals surface area contributed by atoms with Gasteiger partial charge in [-0.15, -0.1) is 11.8 Å². The third-order valence-electron chi connectivity index (χ3n) is 2.83. The van der Waals surface area contributed by atoms with Crippen molar-refractivity contribution in [3.63, 3.8) is 0 Å². The molecular weight excluding hydrogens is 178 g/mol. The maximum Gasteiger partial charge on any atom is 0.125 e. The molecule has 0 atom stereocenters. The average Bonchev–Trinajstić information content (AvgIpc) is 2.13. The van der Waals surface area contributed by atoms with Gasteiger partial charge in [0, 0.05) is 5.75 Å². The Labute approximate surface area is 88.5 Å². The molecule has 0 amide bonds. The van der Waals surface area contributed by atoms with Crippen LogP contribution in [0.4, 0.5) is 0 Å². The predicted molar refractivity (Wildman–Crippen MR) is 64.0 cm³/mol. The first-order chi connectivity index (χ1) is 6.10. The smallest absolute Gasteiger partial charge is 0.125 e. The summed E-state index contributed by atoms with van der Waals surface area (Å²) in [4.78, 5) is 0. The van der Waals surface area contributed by atoms with Gasteiger partial charge in [0.15, 0.2) is 0 Å². The van der Waals surface area contributed by atoms with Gasteiger partial charge in [-0.25, -0.2) is 0 Å². The van der Waals surface area contributed by atoms with Crippen molar-refractivity contribution in [3.8, 4) is 0 Å². The number of quaternary nitrogens is 1. The van der Waals surface area contributed by atoms with E-state index in [0.29, 0.717) is 0 Å². The Morgan fingerprint density at radius 3 is 1.77 bits per heavy atom. The first-order valence-corrected chi connectivity index (χ1v) is 6.68. The number of hydrogen-bond acceptors (Lipinski definition) is 1. The van der Waals surface area contributed by atoms with Crippen LogP contribution in [0.1, 0.15) is 34.6 Å². The number of thioether (sulfide) groups is 1. The minimum absolute atomic E-state index is 0.831. The molecule has 0 fully saturated rings. The second kappa shape index (κ2) is 6.72. The van der Waals surface area contributed by atoms with Gasteiger partial charge in [-0.05, 0) is 26.7 Å². The molecule has 0 saturated carbocycles. The number of rotatable bonds is 7. The van der Waals surface area contributed by atoms with Gasteiger partial charge in [0.05, 0.1) is 19.6 Å². The van der Waals surface area contributed by atoms with E-state index in [1.807, 2.05) is 0 Å². The highest BCUT2D eigenvalue weighted by molar-refractivity contribution is 7.99. The molecule has 0 bridgehead atoms. The molecule has 0 heterocycles. The van der Waals surface area contributed by atoms with Crippen LogP contribution in [0.15, 0.2) is 0 Å². The topological polar surface area (TPSA) is 0 Å². The highest BCUT2D eigenvalue weighted by Gasteiger charge is 2.20. The molecule has 0 N–H and O–H groups in total. The largest absolute Gasteiger partial charge is 0.316 e. The van der Waals surface area contributed by atoms with Crippen LogP contribution >= 0.6 is 11.8 Å². The fraction of sp³-hybridized carbons (Fsp3) is 1.00. The van der Waals surface area contributed by atoms with E-state index in [-0.39, 0.29) is 0 Å². The van der Waals surface area contributed by atoms with Crippen molar-refractivity contribution in [1.29, 1.82) is 0 Å². The van der Waals surface area contributed by atoms with E-state index in [4.69, 9.17) is 0 Å². The van der Waals surface area contributed by atoms with E-state index in [2.05, 4.69) is 46.4 Å². The number of nitrogens with zero attached hydrogens (tertiary/aromatic N) is 1. The summed E-state index contributed by atoms with van der Waals surface area (Å²) >= 11 is 2.11. The van der Waals surface area contributed by atoms with E-state index in [1.54, 1.807) is 0 Å². The monoisotopic (exact) mass is 204 g/mol. The van der Waals surface area contributed by atoms with Gasteiger partial charge in [0.1, 0.15) is 5.88 Å². The fourth-order valence-corrected chi connectivity index (χ4v) is 2.94. The molecule has 0 rings (SSSR count). The molecular formula is C11H26NS+. The van der Waals surface area contributed by atoms with Crippen molar-refractivity contribution in [2.45, 2.75) is 34.6 Å². The van der Waals surface area contributed by atoms with E-state index < -0.39 is 0 Å². The molecule has 0 aromatic carbocycles. The zero-order chi connectivity index (χ0) is 10.3. The summed E-state index contributed by atoms with van der Waals surface area (Å²) in [6, 6.07) is 0. The lowest BCUT2D eigenvalue weighted by molar-refractivity contribution is -0.911. The van der Waals surface area contributed by atoms with E-state index in [0.717, 1.165) is 5.92 Å². The number of hydrogen-bond donors (Lipinski definition) is 0. The zero-order valence-electron chi connectivity index (χ0n) is 9.97. The van der Waals surface area contributed by atoms with Crippen LogP contribution in [0.2, 0.25) is 0 Å². The van der Waals surface area contributed by atoms with E-state index in [9.17, 15) is 0 Å². The van der Waals surface area contributed by atoms with Crippen LogP contribution in [0.5, 0.6) is 0 Å². The molecule has 80 valence electrons. The van der Waals surface area contributed by atoms with Gasteiger partial charge < -0.3 is 4.48 Å². The van der Waals surface area contributed by atoms with Gasteiger partial charge in [-0.1, -0.05) is 13.8 Å². The Morgan fingerprint density at radius 2 is 1.46 bits per heavy atom. The van der Waals surface area contributed by atoms with Crippen LogP contribution in [-0.2, 0) is 0 Å².